The molecule has 0 amide bonds. The number of nitrogens with two attached hydrogens (primary N) is 1. The number of hydrogen-bond donors (Lipinski definition) is 5. The number of anilines is 4. The third-order valence-corrected chi connectivity index (χ3v) is 11.1. The smallest absolute Gasteiger partial charge is 0.187 e. The van der Waals surface area contributed by atoms with Gasteiger partial charge < -0.3 is 26.6 Å². The van der Waals surface area contributed by atoms with Gasteiger partial charge in [0.05, 0.1) is 6.57 Å². The van der Waals surface area contributed by atoms with E-state index < -0.39 is 0 Å². The van der Waals surface area contributed by atoms with E-state index in [4.69, 9.17) is 32.2 Å². The summed E-state index contributed by atoms with van der Waals surface area (Å²) in [5.41, 5.74) is 14.2. The van der Waals surface area contributed by atoms with Crippen LogP contribution < -0.4 is 16.4 Å². The lowest BCUT2D eigenvalue weighted by Crippen LogP contribution is -2.11. The second kappa shape index (κ2) is 18.8. The van der Waals surface area contributed by atoms with E-state index >= 15 is 0 Å². The lowest BCUT2D eigenvalue weighted by Gasteiger charge is -2.22. The Bertz CT molecular complexity index is 2330. The van der Waals surface area contributed by atoms with Crippen LogP contribution in [0.15, 0.2) is 97.1 Å². The molecule has 6 N–H and O–H groups in total. The monoisotopic (exact) mass is 772 g/mol. The Balaban J connectivity index is 0.000000177. The molecule has 0 aliphatic heterocycles. The van der Waals surface area contributed by atoms with Crippen molar-refractivity contribution in [1.29, 1.82) is 0 Å². The number of benzene rings is 4. The van der Waals surface area contributed by atoms with E-state index in [1.807, 2.05) is 91.9 Å². The molecule has 0 saturated heterocycles. The zero-order valence-electron chi connectivity index (χ0n) is 33.4. The Hall–Kier alpha value is -6.31. The summed E-state index contributed by atoms with van der Waals surface area (Å²) < 4.78 is 0. The number of aryl methyl sites for hydroxylation is 2. The molecule has 6 aromatic rings. The fourth-order valence-electron chi connectivity index (χ4n) is 7.65. The molecule has 2 aliphatic rings. The van der Waals surface area contributed by atoms with E-state index in [2.05, 4.69) is 22.4 Å². The largest absolute Gasteiger partial charge is 0.503 e. The Morgan fingerprint density at radius 2 is 0.966 bits per heavy atom. The summed E-state index contributed by atoms with van der Waals surface area (Å²) in [6.45, 7) is 11.7. The third-order valence-electron chi connectivity index (χ3n) is 11.1. The molecule has 2 aromatic heterocycles. The summed E-state index contributed by atoms with van der Waals surface area (Å²) in [6, 6.07) is 31.1. The van der Waals surface area contributed by atoms with Gasteiger partial charge in [0.2, 0.25) is 0 Å². The van der Waals surface area contributed by atoms with Crippen molar-refractivity contribution < 1.29 is 10.2 Å². The molecular weight excluding hydrogens is 721 g/mol. The van der Waals surface area contributed by atoms with Gasteiger partial charge in [0.15, 0.2) is 28.8 Å². The first-order chi connectivity index (χ1) is 28.3. The molecule has 10 nitrogen and oxygen atoms in total. The van der Waals surface area contributed by atoms with Crippen molar-refractivity contribution in [1.82, 2.24) is 19.9 Å². The van der Waals surface area contributed by atoms with Crippen molar-refractivity contribution in [2.24, 2.45) is 5.73 Å². The predicted octanol–water partition coefficient (Wildman–Crippen LogP) is 11.9. The topological polar surface area (TPSA) is 146 Å². The van der Waals surface area contributed by atoms with Crippen LogP contribution >= 0.6 is 0 Å². The normalized spacial score (nSPS) is 14.5. The van der Waals surface area contributed by atoms with Gasteiger partial charge in [0, 0.05) is 40.9 Å². The van der Waals surface area contributed by atoms with Crippen LogP contribution in [0.3, 0.4) is 0 Å². The van der Waals surface area contributed by atoms with Gasteiger partial charge in [-0.1, -0.05) is 122 Å². The summed E-state index contributed by atoms with van der Waals surface area (Å²) in [7, 11) is 0. The molecule has 10 heteroatoms. The zero-order valence-corrected chi connectivity index (χ0v) is 33.4. The van der Waals surface area contributed by atoms with Gasteiger partial charge in [-0.15, -0.1) is 0 Å². The molecular formula is C48H52N8O2. The quantitative estimate of drug-likeness (QED) is 0.0906. The second-order valence-corrected chi connectivity index (χ2v) is 15.5. The first-order valence-corrected chi connectivity index (χ1v) is 20.4. The fraction of sp³-hybridized carbons (Fsp3) is 0.312. The highest BCUT2D eigenvalue weighted by molar-refractivity contribution is 5.76. The molecule has 2 heterocycles. The molecule has 8 rings (SSSR count). The molecule has 4 aromatic carbocycles. The number of hydrogen-bond acceptors (Lipinski definition) is 9. The zero-order chi connectivity index (χ0) is 40.4. The summed E-state index contributed by atoms with van der Waals surface area (Å²) in [4.78, 5) is 22.5. The first kappa shape index (κ1) is 39.9. The maximum atomic E-state index is 11.0. The highest BCUT2D eigenvalue weighted by Gasteiger charge is 2.25. The highest BCUT2D eigenvalue weighted by Crippen LogP contribution is 2.40. The van der Waals surface area contributed by atoms with E-state index in [0.29, 0.717) is 47.1 Å². The van der Waals surface area contributed by atoms with Gasteiger partial charge in [0.1, 0.15) is 23.0 Å². The van der Waals surface area contributed by atoms with Crippen LogP contribution in [-0.4, -0.2) is 30.1 Å². The van der Waals surface area contributed by atoms with Gasteiger partial charge >= 0.3 is 0 Å². The fourth-order valence-corrected chi connectivity index (χ4v) is 7.65. The molecule has 0 spiro atoms. The van der Waals surface area contributed by atoms with E-state index in [1.54, 1.807) is 12.1 Å². The van der Waals surface area contributed by atoms with Crippen LogP contribution in [0.4, 0.5) is 28.7 Å². The standard InChI is InChI=1S/C24H24N4O.C24H28N4O/c1-16-8-10-17(11-9-16)21-22(29)24(26-20-14-12-19(25-2)13-15-20)28-23(27-21)18-6-4-3-5-7-18;1-16-7-11-18(12-8-16)21-22(29)24(26-20-13-9-17(15-25)10-14-20)28-23(27-21)19-5-3-2-4-6-19/h8-15,18,29H,3-7H2,1H3,(H,26,27,28);7-14,19,29H,2-6,15,25H2,1H3,(H,26,27,28). The SMILES string of the molecule is Cc1ccc(-c2nc(C3CCCCC3)nc(Nc3ccc(CN)cc3)c2O)cc1.[C-]#[N+]c1ccc(Nc2nc(C3CCCCC3)nc(-c3ccc(C)cc3)c2O)cc1. The van der Waals surface area contributed by atoms with Gasteiger partial charge in [-0.3, -0.25) is 0 Å². The molecule has 2 aliphatic carbocycles. The number of nitrogens with one attached hydrogen (secondary N) is 2. The average molecular weight is 773 g/mol. The molecule has 58 heavy (non-hydrogen) atoms. The number of rotatable bonds is 9. The van der Waals surface area contributed by atoms with Crippen molar-refractivity contribution in [3.8, 4) is 34.0 Å². The van der Waals surface area contributed by atoms with Crippen molar-refractivity contribution in [3.63, 3.8) is 0 Å². The molecule has 0 bridgehead atoms. The van der Waals surface area contributed by atoms with Crippen LogP contribution in [0.2, 0.25) is 0 Å². The Labute approximate surface area is 341 Å². The van der Waals surface area contributed by atoms with Gasteiger partial charge in [0.25, 0.3) is 0 Å². The van der Waals surface area contributed by atoms with E-state index in [-0.39, 0.29) is 11.5 Å². The average Bonchev–Trinajstić information content (AvgIpc) is 3.27. The van der Waals surface area contributed by atoms with Crippen LogP contribution in [0.25, 0.3) is 27.4 Å². The van der Waals surface area contributed by atoms with Crippen molar-refractivity contribution in [2.45, 2.75) is 96.4 Å². The molecule has 0 unspecified atom stereocenters. The van der Waals surface area contributed by atoms with E-state index in [1.165, 1.54) is 44.1 Å². The highest BCUT2D eigenvalue weighted by atomic mass is 16.3. The Morgan fingerprint density at radius 3 is 1.34 bits per heavy atom. The molecule has 296 valence electrons. The van der Waals surface area contributed by atoms with Gasteiger partial charge in [-0.05, 0) is 69.4 Å². The summed E-state index contributed by atoms with van der Waals surface area (Å²) in [5.74, 6) is 3.26. The summed E-state index contributed by atoms with van der Waals surface area (Å²) in [5, 5.41) is 28.5. The number of aromatic hydroxyl groups is 2. The predicted molar refractivity (Wildman–Crippen MR) is 233 cm³/mol. The number of aromatic nitrogens is 4. The molecule has 2 saturated carbocycles. The first-order valence-electron chi connectivity index (χ1n) is 20.4. The lowest BCUT2D eigenvalue weighted by atomic mass is 9.88. The molecule has 0 atom stereocenters. The van der Waals surface area contributed by atoms with Crippen LogP contribution in [0.1, 0.15) is 104 Å². The minimum absolute atomic E-state index is 0.0441. The van der Waals surface area contributed by atoms with Crippen molar-refractivity contribution in [2.75, 3.05) is 10.6 Å². The van der Waals surface area contributed by atoms with Gasteiger partial charge in [-0.25, -0.2) is 24.8 Å². The summed E-state index contributed by atoms with van der Waals surface area (Å²) in [6.07, 6.45) is 11.7. The maximum absolute atomic E-state index is 11.0. The van der Waals surface area contributed by atoms with Crippen LogP contribution in [-0.2, 0) is 6.54 Å². The van der Waals surface area contributed by atoms with Crippen LogP contribution in [0.5, 0.6) is 11.5 Å². The van der Waals surface area contributed by atoms with Gasteiger partial charge in [-0.2, -0.15) is 0 Å². The maximum Gasteiger partial charge on any atom is 0.187 e. The lowest BCUT2D eigenvalue weighted by molar-refractivity contribution is 0.425. The molecule has 0 radical (unpaired) electrons. The van der Waals surface area contributed by atoms with Crippen molar-refractivity contribution in [3.05, 3.63) is 137 Å². The van der Waals surface area contributed by atoms with Crippen LogP contribution in [0, 0.1) is 20.4 Å². The number of nitrogens with zero attached hydrogens (tertiary/aromatic N) is 5. The third kappa shape index (κ3) is 9.79. The molecule has 2 fully saturated rings. The van der Waals surface area contributed by atoms with Crippen molar-refractivity contribution >= 4 is 28.7 Å². The summed E-state index contributed by atoms with van der Waals surface area (Å²) >= 11 is 0. The van der Waals surface area contributed by atoms with E-state index in [0.717, 1.165) is 71.0 Å². The minimum atomic E-state index is 0.0441. The second-order valence-electron chi connectivity index (χ2n) is 15.5. The Morgan fingerprint density at radius 1 is 0.569 bits per heavy atom. The van der Waals surface area contributed by atoms with E-state index in [9.17, 15) is 10.2 Å². The Kier molecular flexibility index (Phi) is 12.9. The minimum Gasteiger partial charge on any atom is -0.503 e.